The minimum absolute atomic E-state index is 0.370. The Morgan fingerprint density at radius 2 is 1.57 bits per heavy atom. The van der Waals surface area contributed by atoms with Gasteiger partial charge in [0.25, 0.3) is 0 Å². The zero-order valence-corrected chi connectivity index (χ0v) is 12.3. The molecule has 0 N–H and O–H groups in total. The average Bonchev–Trinajstić information content (AvgIpc) is 2.09. The largest absolute Gasteiger partial charge is 0.0761 e. The van der Waals surface area contributed by atoms with E-state index < -0.39 is 0 Å². The van der Waals surface area contributed by atoms with E-state index in [2.05, 4.69) is 65.6 Å². The number of alkyl halides is 2. The van der Waals surface area contributed by atoms with Crippen LogP contribution in [0.15, 0.2) is 6.07 Å². The average molecular weight is 320 g/mol. The molecule has 0 atom stereocenters. The Bertz CT molecular complexity index is 341. The van der Waals surface area contributed by atoms with Gasteiger partial charge in [0.1, 0.15) is 0 Å². The quantitative estimate of drug-likeness (QED) is 0.700. The first-order valence-electron chi connectivity index (χ1n) is 4.78. The molecule has 0 bridgehead atoms. The lowest BCUT2D eigenvalue weighted by atomic mass is 9.93. The summed E-state index contributed by atoms with van der Waals surface area (Å²) in [5, 5.41) is 0. The van der Waals surface area contributed by atoms with Gasteiger partial charge in [0, 0.05) is 0 Å². The smallest absolute Gasteiger partial charge is 0.0738 e. The van der Waals surface area contributed by atoms with Crippen LogP contribution in [-0.2, 0) is 6.42 Å². The van der Waals surface area contributed by atoms with Crippen molar-refractivity contribution in [2.24, 2.45) is 0 Å². The van der Waals surface area contributed by atoms with E-state index in [-0.39, 0.29) is 0 Å². The lowest BCUT2D eigenvalue weighted by Crippen LogP contribution is -2.02. The summed E-state index contributed by atoms with van der Waals surface area (Å²) in [5.74, 6) is 0. The van der Waals surface area contributed by atoms with Crippen LogP contribution in [-0.4, -0.2) is 3.74 Å². The van der Waals surface area contributed by atoms with Gasteiger partial charge in [-0.3, -0.25) is 0 Å². The summed E-state index contributed by atoms with van der Waals surface area (Å²) in [6.07, 6.45) is 1.04. The molecular formula is C12H16Br2. The van der Waals surface area contributed by atoms with Crippen molar-refractivity contribution in [1.82, 2.24) is 0 Å². The Hall–Kier alpha value is 0.180. The zero-order valence-electron chi connectivity index (χ0n) is 9.12. The first-order chi connectivity index (χ1) is 6.43. The van der Waals surface area contributed by atoms with Crippen LogP contribution in [0.1, 0.15) is 27.8 Å². The Balaban J connectivity index is 3.22. The normalized spacial score (nSPS) is 11.1. The van der Waals surface area contributed by atoms with E-state index in [1.165, 1.54) is 27.8 Å². The maximum Gasteiger partial charge on any atom is 0.0738 e. The van der Waals surface area contributed by atoms with Gasteiger partial charge in [0.2, 0.25) is 0 Å². The third kappa shape index (κ3) is 2.60. The van der Waals surface area contributed by atoms with E-state index in [0.717, 1.165) is 6.42 Å². The number of hydrogen-bond donors (Lipinski definition) is 0. The summed E-state index contributed by atoms with van der Waals surface area (Å²) in [6, 6.07) is 2.28. The molecule has 0 spiro atoms. The second kappa shape index (κ2) is 4.80. The molecule has 0 aliphatic rings. The summed E-state index contributed by atoms with van der Waals surface area (Å²) in [6.45, 7) is 8.79. The molecule has 78 valence electrons. The molecule has 0 aliphatic heterocycles. The van der Waals surface area contributed by atoms with Gasteiger partial charge >= 0.3 is 0 Å². The molecule has 1 aromatic rings. The van der Waals surface area contributed by atoms with E-state index in [1.807, 2.05) is 0 Å². The first kappa shape index (κ1) is 12.3. The number of halogens is 2. The molecular weight excluding hydrogens is 304 g/mol. The summed E-state index contributed by atoms with van der Waals surface area (Å²) in [4.78, 5) is 0. The van der Waals surface area contributed by atoms with Crippen LogP contribution in [0.3, 0.4) is 0 Å². The van der Waals surface area contributed by atoms with E-state index >= 15 is 0 Å². The van der Waals surface area contributed by atoms with Crippen molar-refractivity contribution in [3.63, 3.8) is 0 Å². The standard InChI is InChI=1S/C12H16Br2/c1-7-5-8(2)11(6-12(13)14)10(4)9(7)3/h5,12H,6H2,1-4H3. The second-order valence-electron chi connectivity index (χ2n) is 3.83. The molecule has 0 heterocycles. The Kier molecular flexibility index (Phi) is 4.20. The number of rotatable bonds is 2. The SMILES string of the molecule is Cc1cc(C)c(CC(Br)Br)c(C)c1C. The first-order valence-corrected chi connectivity index (χ1v) is 6.61. The molecule has 0 unspecified atom stereocenters. The highest BCUT2D eigenvalue weighted by Crippen LogP contribution is 2.25. The molecule has 0 aliphatic carbocycles. The van der Waals surface area contributed by atoms with Gasteiger partial charge in [0.05, 0.1) is 3.74 Å². The highest BCUT2D eigenvalue weighted by Gasteiger charge is 2.10. The van der Waals surface area contributed by atoms with Gasteiger partial charge in [0.15, 0.2) is 0 Å². The monoisotopic (exact) mass is 318 g/mol. The molecule has 0 fully saturated rings. The Labute approximate surface area is 103 Å². The third-order valence-corrected chi connectivity index (χ3v) is 3.52. The van der Waals surface area contributed by atoms with Gasteiger partial charge in [-0.2, -0.15) is 0 Å². The molecule has 0 saturated carbocycles. The van der Waals surface area contributed by atoms with E-state index in [9.17, 15) is 0 Å². The van der Waals surface area contributed by atoms with Crippen molar-refractivity contribution in [3.05, 3.63) is 33.9 Å². The second-order valence-corrected chi connectivity index (χ2v) is 7.27. The fourth-order valence-corrected chi connectivity index (χ4v) is 2.45. The molecule has 1 rings (SSSR count). The molecule has 0 amide bonds. The molecule has 0 saturated heterocycles. The summed E-state index contributed by atoms with van der Waals surface area (Å²) >= 11 is 7.08. The van der Waals surface area contributed by atoms with Crippen LogP contribution in [0.4, 0.5) is 0 Å². The van der Waals surface area contributed by atoms with Crippen LogP contribution in [0.25, 0.3) is 0 Å². The lowest BCUT2D eigenvalue weighted by Gasteiger charge is -2.15. The van der Waals surface area contributed by atoms with Crippen LogP contribution in [0.5, 0.6) is 0 Å². The van der Waals surface area contributed by atoms with Crippen LogP contribution in [0, 0.1) is 27.7 Å². The molecule has 0 aromatic heterocycles. The highest BCUT2D eigenvalue weighted by molar-refractivity contribution is 9.24. The van der Waals surface area contributed by atoms with Gasteiger partial charge in [-0.15, -0.1) is 0 Å². The number of benzene rings is 1. The van der Waals surface area contributed by atoms with Crippen molar-refractivity contribution >= 4 is 31.9 Å². The summed E-state index contributed by atoms with van der Waals surface area (Å²) in [5.41, 5.74) is 7.11. The molecule has 14 heavy (non-hydrogen) atoms. The van der Waals surface area contributed by atoms with Gasteiger partial charge in [-0.1, -0.05) is 37.9 Å². The fourth-order valence-electron chi connectivity index (χ4n) is 1.81. The Morgan fingerprint density at radius 3 is 2.07 bits per heavy atom. The van der Waals surface area contributed by atoms with E-state index in [0.29, 0.717) is 3.74 Å². The Morgan fingerprint density at radius 1 is 1.00 bits per heavy atom. The van der Waals surface area contributed by atoms with E-state index in [4.69, 9.17) is 0 Å². The summed E-state index contributed by atoms with van der Waals surface area (Å²) in [7, 11) is 0. The van der Waals surface area contributed by atoms with Crippen molar-refractivity contribution < 1.29 is 0 Å². The van der Waals surface area contributed by atoms with Gasteiger partial charge in [-0.05, 0) is 61.9 Å². The van der Waals surface area contributed by atoms with Crippen molar-refractivity contribution in [3.8, 4) is 0 Å². The maximum absolute atomic E-state index is 3.54. The minimum atomic E-state index is 0.370. The molecule has 0 radical (unpaired) electrons. The van der Waals surface area contributed by atoms with Gasteiger partial charge < -0.3 is 0 Å². The van der Waals surface area contributed by atoms with Crippen molar-refractivity contribution in [2.75, 3.05) is 0 Å². The summed E-state index contributed by atoms with van der Waals surface area (Å²) < 4.78 is 0.370. The minimum Gasteiger partial charge on any atom is -0.0761 e. The maximum atomic E-state index is 3.54. The number of aryl methyl sites for hydroxylation is 2. The zero-order chi connectivity index (χ0) is 10.9. The predicted molar refractivity (Wildman–Crippen MR) is 70.7 cm³/mol. The van der Waals surface area contributed by atoms with Crippen molar-refractivity contribution in [2.45, 2.75) is 37.9 Å². The fraction of sp³-hybridized carbons (Fsp3) is 0.500. The highest BCUT2D eigenvalue weighted by atomic mass is 79.9. The number of hydrogen-bond acceptors (Lipinski definition) is 0. The lowest BCUT2D eigenvalue weighted by molar-refractivity contribution is 1.05. The van der Waals surface area contributed by atoms with E-state index in [1.54, 1.807) is 0 Å². The third-order valence-electron chi connectivity index (χ3n) is 2.87. The molecule has 1 aromatic carbocycles. The molecule has 2 heteroatoms. The molecule has 0 nitrogen and oxygen atoms in total. The van der Waals surface area contributed by atoms with Crippen LogP contribution < -0.4 is 0 Å². The van der Waals surface area contributed by atoms with Crippen LogP contribution >= 0.6 is 31.9 Å². The predicted octanol–water partition coefficient (Wildman–Crippen LogP) is 4.58. The van der Waals surface area contributed by atoms with Gasteiger partial charge in [-0.25, -0.2) is 0 Å². The topological polar surface area (TPSA) is 0 Å². The van der Waals surface area contributed by atoms with Crippen LogP contribution in [0.2, 0.25) is 0 Å². The van der Waals surface area contributed by atoms with Crippen molar-refractivity contribution in [1.29, 1.82) is 0 Å².